The van der Waals surface area contributed by atoms with Gasteiger partial charge in [0.25, 0.3) is 5.91 Å². The summed E-state index contributed by atoms with van der Waals surface area (Å²) in [6.45, 7) is 17.5. The number of carbonyl (C=O) groups excluding carboxylic acids is 12. The summed E-state index contributed by atoms with van der Waals surface area (Å²) in [6, 6.07) is 9.82. The molecule has 0 bridgehead atoms. The molecule has 7 rings (SSSR count). The molecule has 5 aromatic rings. The van der Waals surface area contributed by atoms with Crippen LogP contribution in [-0.4, -0.2) is 191 Å². The fraction of sp³-hybridized carbons (Fsp3) is 0.487. The first kappa shape index (κ1) is 86.0. The van der Waals surface area contributed by atoms with E-state index in [1.54, 1.807) is 102 Å². The number of nitrogens with one attached hydrogen (secondary N) is 11. The number of aliphatic hydroxyl groups is 1. The lowest BCUT2D eigenvalue weighted by molar-refractivity contribution is -0.141. The number of primary amides is 2. The van der Waals surface area contributed by atoms with Crippen molar-refractivity contribution in [3.63, 3.8) is 0 Å². The Morgan fingerprint density at radius 2 is 1.27 bits per heavy atom. The van der Waals surface area contributed by atoms with Crippen LogP contribution in [-0.2, 0) is 88.3 Å². The molecule has 18 N–H and O–H groups in total. The highest BCUT2D eigenvalue weighted by Crippen LogP contribution is 2.33. The van der Waals surface area contributed by atoms with Gasteiger partial charge in [0, 0.05) is 72.8 Å². The number of pyridine rings is 1. The lowest BCUT2D eigenvalue weighted by Gasteiger charge is -2.46. The van der Waals surface area contributed by atoms with E-state index >= 15 is 4.39 Å². The molecule has 1 saturated heterocycles. The lowest BCUT2D eigenvalue weighted by atomic mass is 9.77. The Bertz CT molecular complexity index is 4170. The molecule has 2 aromatic heterocycles. The molecule has 11 atom stereocenters. The number of thioether (sulfide) groups is 2. The van der Waals surface area contributed by atoms with E-state index in [4.69, 9.17) is 11.5 Å². The van der Waals surface area contributed by atoms with E-state index in [0.29, 0.717) is 57.4 Å². The van der Waals surface area contributed by atoms with E-state index in [1.165, 1.54) is 87.7 Å². The van der Waals surface area contributed by atoms with Crippen molar-refractivity contribution in [2.24, 2.45) is 22.8 Å². The number of halogens is 1. The summed E-state index contributed by atoms with van der Waals surface area (Å²) in [7, 11) is 0. The minimum absolute atomic E-state index is 0.00618. The maximum Gasteiger partial charge on any atom is 0.250 e. The quantitative estimate of drug-likeness (QED) is 0.0269. The fourth-order valence-electron chi connectivity index (χ4n) is 12.6. The van der Waals surface area contributed by atoms with Gasteiger partial charge in [-0.05, 0) is 147 Å². The molecule has 3 aromatic carbocycles. The number of hydrogen-bond acceptors (Lipinski definition) is 19. The fourth-order valence-corrected chi connectivity index (χ4v) is 14.6. The van der Waals surface area contributed by atoms with Gasteiger partial charge >= 0.3 is 0 Å². The third-order valence-electron chi connectivity index (χ3n) is 18.7. The van der Waals surface area contributed by atoms with E-state index < -0.39 is 160 Å². The Kier molecular flexibility index (Phi) is 30.1. The first-order valence-corrected chi connectivity index (χ1v) is 38.3. The standard InChI is InChI=1S/C76H102FN15O15S2/c1-12-53(88-73(107)76(40(2)3)34-57(90-76)54(31-44-17-21-50(95)22-18-44)85-66(100)42(5)82-72(106)75(10,11)91-69(103)55(84-61(97)27-41(4)93)33-48-35-81-65-52(48)15-13-25-80-65)67(101)87-58(63(78)98)38-108-36-46-28-47(30-49(77)29-46)37-109-39-59(83-43(6)94)68(102)89-62(74(7,8)9)70(104)86-56(32-45-19-23-51(96)24-20-45)71(105)92-26-14-16-60(92)64(79)99/h13,15,17-25,28-30,34-35,40-42,53-56,58-60,62,90,93,95-96H,12,14,16,26-27,31-33,36-39H2,1-11H3,(H2,78,98)(H2,79,99)(H,80,81)(H,82,106)(H,83,94)(H,84,97)(H,85,100)(H,86,104)(H,87,101)(H,88,107)(H,89,102)(H,91,103)/t41-,42+,53+,54+,55+,56+,58+,59+,60+,62?,76+/m1/s1. The monoisotopic (exact) mass is 1550 g/mol. The van der Waals surface area contributed by atoms with Gasteiger partial charge in [0.05, 0.1) is 18.6 Å². The largest absolute Gasteiger partial charge is 0.508 e. The third-order valence-corrected chi connectivity index (χ3v) is 20.9. The third kappa shape index (κ3) is 24.1. The molecule has 0 saturated carbocycles. The SMILES string of the molecule is CC[C@H](NC(=O)[C@@]1(C(C)C)C=C([C@H](Cc2ccc(O)cc2)NC(=O)[C@H](C)NC(=O)C(C)(C)NC(=O)[C@H](Cc2c[nH]c3ncccc23)NC(=O)C[C@@H](C)O)N1)C(=O)N[C@@H](CSCc1cc(F)cc(CSC[C@H](NC(C)=O)C(=O)NC(C(=O)N[C@@H](Cc2ccc(O)cc2)C(=O)N2CCC[C@H]2C(N)=O)C(C)(C)C)c1)C(N)=O. The van der Waals surface area contributed by atoms with Gasteiger partial charge in [-0.3, -0.25) is 57.5 Å². The van der Waals surface area contributed by atoms with Crippen molar-refractivity contribution >= 4 is 105 Å². The number of nitrogens with two attached hydrogens (primary N) is 2. The number of H-pyrrole nitrogens is 1. The molecule has 0 spiro atoms. The summed E-state index contributed by atoms with van der Waals surface area (Å²) in [5.41, 5.74) is 11.3. The topological polar surface area (TPSA) is 470 Å². The lowest BCUT2D eigenvalue weighted by Crippen LogP contribution is -2.69. The van der Waals surface area contributed by atoms with Gasteiger partial charge in [-0.25, -0.2) is 9.37 Å². The maximum absolute atomic E-state index is 15.3. The summed E-state index contributed by atoms with van der Waals surface area (Å²) >= 11 is 2.35. The number of aromatic hydroxyl groups is 2. The number of hydrogen-bond donors (Lipinski definition) is 16. The average molecular weight is 1550 g/mol. The number of rotatable bonds is 38. The first-order chi connectivity index (χ1) is 51.3. The number of benzene rings is 3. The van der Waals surface area contributed by atoms with Crippen molar-refractivity contribution in [1.29, 1.82) is 0 Å². The molecule has 109 heavy (non-hydrogen) atoms. The van der Waals surface area contributed by atoms with E-state index in [-0.39, 0.29) is 73.2 Å². The van der Waals surface area contributed by atoms with Crippen LogP contribution in [0.5, 0.6) is 11.5 Å². The van der Waals surface area contributed by atoms with Crippen LogP contribution in [0.2, 0.25) is 0 Å². The molecule has 0 radical (unpaired) electrons. The van der Waals surface area contributed by atoms with Crippen molar-refractivity contribution in [1.82, 2.24) is 68.0 Å². The van der Waals surface area contributed by atoms with Crippen molar-refractivity contribution in [3.8, 4) is 11.5 Å². The zero-order valence-corrected chi connectivity index (χ0v) is 64.7. The van der Waals surface area contributed by atoms with Gasteiger partial charge in [-0.15, -0.1) is 0 Å². The van der Waals surface area contributed by atoms with E-state index in [0.717, 1.165) is 11.8 Å². The molecule has 12 amide bonds. The van der Waals surface area contributed by atoms with Crippen LogP contribution in [0.25, 0.3) is 11.0 Å². The number of phenolic OH excluding ortho intramolecular Hbond substituents is 2. The van der Waals surface area contributed by atoms with E-state index in [9.17, 15) is 72.9 Å². The zero-order valence-electron chi connectivity index (χ0n) is 63.1. The van der Waals surface area contributed by atoms with Gasteiger partial charge in [0.1, 0.15) is 82.4 Å². The number of aromatic amines is 1. The van der Waals surface area contributed by atoms with Gasteiger partial charge in [-0.1, -0.05) is 71.9 Å². The number of carbonyl (C=O) groups is 12. The summed E-state index contributed by atoms with van der Waals surface area (Å²) in [4.78, 5) is 173. The molecule has 1 unspecified atom stereocenters. The second-order valence-corrected chi connectivity index (χ2v) is 31.6. The zero-order chi connectivity index (χ0) is 80.4. The number of nitrogens with zero attached hydrogens (tertiary/aromatic N) is 2. The van der Waals surface area contributed by atoms with Crippen LogP contribution in [0, 0.1) is 17.2 Å². The summed E-state index contributed by atoms with van der Waals surface area (Å²) in [6.07, 6.45) is 4.62. The van der Waals surface area contributed by atoms with Crippen LogP contribution in [0.3, 0.4) is 0 Å². The second-order valence-electron chi connectivity index (χ2n) is 29.6. The van der Waals surface area contributed by atoms with Crippen molar-refractivity contribution in [2.75, 3.05) is 18.1 Å². The van der Waals surface area contributed by atoms with Crippen LogP contribution in [0.15, 0.2) is 103 Å². The average Bonchev–Trinajstić information content (AvgIpc) is 1.31. The predicted molar refractivity (Wildman–Crippen MR) is 409 cm³/mol. The Morgan fingerprint density at radius 3 is 1.83 bits per heavy atom. The Balaban J connectivity index is 0.946. The number of likely N-dealkylation sites (tertiary alicyclic amines) is 1. The molecule has 33 heteroatoms. The minimum atomic E-state index is -1.66. The minimum Gasteiger partial charge on any atom is -0.508 e. The number of aliphatic hydroxyl groups excluding tert-OH is 1. The van der Waals surface area contributed by atoms with Crippen molar-refractivity contribution < 1.29 is 77.2 Å². The Labute approximate surface area is 640 Å². The van der Waals surface area contributed by atoms with Crippen LogP contribution in [0.1, 0.15) is 130 Å². The predicted octanol–water partition coefficient (Wildman–Crippen LogP) is 2.19. The highest BCUT2D eigenvalue weighted by Gasteiger charge is 2.49. The van der Waals surface area contributed by atoms with Crippen LogP contribution >= 0.6 is 23.5 Å². The Morgan fingerprint density at radius 1 is 0.679 bits per heavy atom. The summed E-state index contributed by atoms with van der Waals surface area (Å²) in [5.74, 6) is -9.10. The molecule has 1 fully saturated rings. The van der Waals surface area contributed by atoms with Crippen molar-refractivity contribution in [2.45, 2.75) is 204 Å². The van der Waals surface area contributed by atoms with Crippen molar-refractivity contribution in [3.05, 3.63) is 137 Å². The molecule has 590 valence electrons. The molecule has 0 aliphatic carbocycles. The smallest absolute Gasteiger partial charge is 0.250 e. The maximum atomic E-state index is 15.3. The van der Waals surface area contributed by atoms with Crippen LogP contribution < -0.4 is 64.6 Å². The van der Waals surface area contributed by atoms with Crippen LogP contribution in [0.4, 0.5) is 4.39 Å². The highest BCUT2D eigenvalue weighted by atomic mass is 32.2. The van der Waals surface area contributed by atoms with E-state index in [2.05, 4.69) is 63.1 Å². The highest BCUT2D eigenvalue weighted by molar-refractivity contribution is 7.98. The molecule has 2 aliphatic rings. The van der Waals surface area contributed by atoms with Gasteiger partial charge in [0.15, 0.2) is 0 Å². The summed E-state index contributed by atoms with van der Waals surface area (Å²) < 4.78 is 15.3. The number of fused-ring (bicyclic) bond motifs is 1. The number of phenols is 2. The molecular weight excluding hydrogens is 1450 g/mol. The normalized spacial score (nSPS) is 17.4. The van der Waals surface area contributed by atoms with E-state index in [1.807, 2.05) is 0 Å². The molecule has 4 heterocycles. The molecule has 2 aliphatic heterocycles. The molecular formula is C76H102FN15O15S2. The number of aromatic nitrogens is 2. The number of amides is 12. The second kappa shape index (κ2) is 38.2. The van der Waals surface area contributed by atoms with Gasteiger partial charge in [-0.2, -0.15) is 23.5 Å². The van der Waals surface area contributed by atoms with Gasteiger partial charge < -0.3 is 89.8 Å². The summed E-state index contributed by atoms with van der Waals surface area (Å²) in [5, 5.41) is 58.5. The first-order valence-electron chi connectivity index (χ1n) is 36.0. The van der Waals surface area contributed by atoms with Gasteiger partial charge in [0.2, 0.25) is 65.0 Å². The Hall–Kier alpha value is -10.3. The molecule has 30 nitrogen and oxygen atoms in total.